The SMILES string of the molecule is CCN(c1cc(CN)cc(C(C)C)n1)C(C)C. The van der Waals surface area contributed by atoms with Crippen LogP contribution in [-0.2, 0) is 6.54 Å². The van der Waals surface area contributed by atoms with Crippen LogP contribution in [-0.4, -0.2) is 17.6 Å². The van der Waals surface area contributed by atoms with Crippen LogP contribution in [0.1, 0.15) is 51.8 Å². The first-order chi connectivity index (χ1) is 7.99. The molecule has 1 aromatic heterocycles. The molecule has 2 N–H and O–H groups in total. The van der Waals surface area contributed by atoms with E-state index in [1.165, 1.54) is 0 Å². The van der Waals surface area contributed by atoms with Crippen LogP contribution < -0.4 is 10.6 Å². The molecule has 0 saturated carbocycles. The monoisotopic (exact) mass is 235 g/mol. The van der Waals surface area contributed by atoms with Crippen molar-refractivity contribution in [3.05, 3.63) is 23.4 Å². The van der Waals surface area contributed by atoms with E-state index in [-0.39, 0.29) is 0 Å². The van der Waals surface area contributed by atoms with Crippen molar-refractivity contribution in [3.63, 3.8) is 0 Å². The van der Waals surface area contributed by atoms with Gasteiger partial charge in [-0.1, -0.05) is 13.8 Å². The summed E-state index contributed by atoms with van der Waals surface area (Å²) in [6, 6.07) is 4.68. The molecule has 0 amide bonds. The molecule has 0 fully saturated rings. The first-order valence-corrected chi connectivity index (χ1v) is 6.47. The quantitative estimate of drug-likeness (QED) is 0.853. The summed E-state index contributed by atoms with van der Waals surface area (Å²) in [6.45, 7) is 12.4. The van der Waals surface area contributed by atoms with Gasteiger partial charge in [0.05, 0.1) is 0 Å². The van der Waals surface area contributed by atoms with E-state index in [0.29, 0.717) is 18.5 Å². The first kappa shape index (κ1) is 14.0. The van der Waals surface area contributed by atoms with E-state index in [9.17, 15) is 0 Å². The second-order valence-electron chi connectivity index (χ2n) is 5.00. The zero-order chi connectivity index (χ0) is 13.0. The Hall–Kier alpha value is -1.09. The maximum absolute atomic E-state index is 5.76. The Morgan fingerprint density at radius 1 is 1.24 bits per heavy atom. The van der Waals surface area contributed by atoms with Crippen molar-refractivity contribution in [2.45, 2.75) is 53.1 Å². The Balaban J connectivity index is 3.17. The van der Waals surface area contributed by atoms with Gasteiger partial charge in [0.2, 0.25) is 0 Å². The average Bonchev–Trinajstić information content (AvgIpc) is 2.28. The van der Waals surface area contributed by atoms with Gasteiger partial charge in [-0.15, -0.1) is 0 Å². The van der Waals surface area contributed by atoms with Gasteiger partial charge in [0.25, 0.3) is 0 Å². The van der Waals surface area contributed by atoms with E-state index >= 15 is 0 Å². The van der Waals surface area contributed by atoms with E-state index in [4.69, 9.17) is 10.7 Å². The van der Waals surface area contributed by atoms with Gasteiger partial charge in [-0.25, -0.2) is 4.98 Å². The lowest BCUT2D eigenvalue weighted by Crippen LogP contribution is -2.31. The van der Waals surface area contributed by atoms with Gasteiger partial charge in [0.15, 0.2) is 0 Å². The number of hydrogen-bond acceptors (Lipinski definition) is 3. The van der Waals surface area contributed by atoms with Crippen LogP contribution >= 0.6 is 0 Å². The van der Waals surface area contributed by atoms with Crippen LogP contribution in [0.5, 0.6) is 0 Å². The van der Waals surface area contributed by atoms with E-state index in [1.54, 1.807) is 0 Å². The lowest BCUT2D eigenvalue weighted by molar-refractivity contribution is 0.685. The normalized spacial score (nSPS) is 11.3. The van der Waals surface area contributed by atoms with Gasteiger partial charge in [0.1, 0.15) is 5.82 Å². The Labute approximate surface area is 105 Å². The third-order valence-electron chi connectivity index (χ3n) is 2.98. The van der Waals surface area contributed by atoms with Crippen LogP contribution in [0.15, 0.2) is 12.1 Å². The van der Waals surface area contributed by atoms with Crippen LogP contribution in [0.25, 0.3) is 0 Å². The molecule has 3 nitrogen and oxygen atoms in total. The van der Waals surface area contributed by atoms with E-state index < -0.39 is 0 Å². The molecule has 3 heteroatoms. The molecule has 0 atom stereocenters. The molecule has 1 rings (SSSR count). The minimum Gasteiger partial charge on any atom is -0.354 e. The van der Waals surface area contributed by atoms with Crippen LogP contribution in [0, 0.1) is 0 Å². The second-order valence-corrected chi connectivity index (χ2v) is 5.00. The Bertz CT molecular complexity index is 358. The predicted octanol–water partition coefficient (Wildman–Crippen LogP) is 2.90. The van der Waals surface area contributed by atoms with Crippen LogP contribution in [0.4, 0.5) is 5.82 Å². The lowest BCUT2D eigenvalue weighted by Gasteiger charge is -2.27. The first-order valence-electron chi connectivity index (χ1n) is 6.47. The summed E-state index contributed by atoms with van der Waals surface area (Å²) >= 11 is 0. The highest BCUT2D eigenvalue weighted by Crippen LogP contribution is 2.21. The molecule has 17 heavy (non-hydrogen) atoms. The van der Waals surface area contributed by atoms with Crippen LogP contribution in [0.3, 0.4) is 0 Å². The maximum Gasteiger partial charge on any atom is 0.129 e. The van der Waals surface area contributed by atoms with Crippen molar-refractivity contribution in [2.75, 3.05) is 11.4 Å². The number of nitrogens with two attached hydrogens (primary N) is 1. The highest BCUT2D eigenvalue weighted by Gasteiger charge is 2.13. The molecule has 1 heterocycles. The molecule has 0 aromatic carbocycles. The van der Waals surface area contributed by atoms with Crippen molar-refractivity contribution >= 4 is 5.82 Å². The lowest BCUT2D eigenvalue weighted by atomic mass is 10.1. The third-order valence-corrected chi connectivity index (χ3v) is 2.98. The standard InChI is InChI=1S/C14H25N3/c1-6-17(11(4)5)14-8-12(9-15)7-13(16-14)10(2)3/h7-8,10-11H,6,9,15H2,1-5H3. The Morgan fingerprint density at radius 3 is 2.29 bits per heavy atom. The number of hydrogen-bond donors (Lipinski definition) is 1. The number of aromatic nitrogens is 1. The Kier molecular flexibility index (Phi) is 4.94. The predicted molar refractivity (Wildman–Crippen MR) is 74.4 cm³/mol. The fourth-order valence-electron chi connectivity index (χ4n) is 1.95. The van der Waals surface area contributed by atoms with Crippen molar-refractivity contribution in [1.82, 2.24) is 4.98 Å². The van der Waals surface area contributed by atoms with Gasteiger partial charge in [-0.3, -0.25) is 0 Å². The summed E-state index contributed by atoms with van der Waals surface area (Å²) in [5, 5.41) is 0. The van der Waals surface area contributed by atoms with Crippen molar-refractivity contribution < 1.29 is 0 Å². The van der Waals surface area contributed by atoms with Crippen molar-refractivity contribution in [3.8, 4) is 0 Å². The smallest absolute Gasteiger partial charge is 0.129 e. The van der Waals surface area contributed by atoms with Gasteiger partial charge >= 0.3 is 0 Å². The topological polar surface area (TPSA) is 42.1 Å². The van der Waals surface area contributed by atoms with Gasteiger partial charge in [0, 0.05) is 24.8 Å². The number of rotatable bonds is 5. The molecule has 0 bridgehead atoms. The molecule has 96 valence electrons. The molecular formula is C14H25N3. The fraction of sp³-hybridized carbons (Fsp3) is 0.643. The van der Waals surface area contributed by atoms with E-state index in [1.807, 2.05) is 0 Å². The molecule has 0 unspecified atom stereocenters. The molecule has 1 aromatic rings. The zero-order valence-electron chi connectivity index (χ0n) is 11.7. The molecule has 0 saturated heterocycles. The maximum atomic E-state index is 5.76. The summed E-state index contributed by atoms with van der Waals surface area (Å²) in [6.07, 6.45) is 0. The summed E-state index contributed by atoms with van der Waals surface area (Å²) < 4.78 is 0. The van der Waals surface area contributed by atoms with Crippen molar-refractivity contribution in [1.29, 1.82) is 0 Å². The zero-order valence-corrected chi connectivity index (χ0v) is 11.7. The summed E-state index contributed by atoms with van der Waals surface area (Å²) in [5.74, 6) is 1.49. The minimum absolute atomic E-state index is 0.436. The fourth-order valence-corrected chi connectivity index (χ4v) is 1.95. The van der Waals surface area contributed by atoms with Gasteiger partial charge in [-0.2, -0.15) is 0 Å². The number of nitrogens with zero attached hydrogens (tertiary/aromatic N) is 2. The third kappa shape index (κ3) is 3.43. The summed E-state index contributed by atoms with van der Waals surface area (Å²) in [5.41, 5.74) is 8.05. The molecule has 0 aliphatic rings. The summed E-state index contributed by atoms with van der Waals surface area (Å²) in [7, 11) is 0. The summed E-state index contributed by atoms with van der Waals surface area (Å²) in [4.78, 5) is 7.04. The molecular weight excluding hydrogens is 210 g/mol. The molecule has 0 radical (unpaired) electrons. The minimum atomic E-state index is 0.436. The average molecular weight is 235 g/mol. The molecule has 0 aliphatic heterocycles. The van der Waals surface area contributed by atoms with Gasteiger partial charge < -0.3 is 10.6 Å². The van der Waals surface area contributed by atoms with Crippen LogP contribution in [0.2, 0.25) is 0 Å². The van der Waals surface area contributed by atoms with E-state index in [2.05, 4.69) is 51.7 Å². The Morgan fingerprint density at radius 2 is 1.88 bits per heavy atom. The second kappa shape index (κ2) is 6.01. The highest BCUT2D eigenvalue weighted by molar-refractivity contribution is 5.44. The van der Waals surface area contributed by atoms with E-state index in [0.717, 1.165) is 23.6 Å². The number of anilines is 1. The molecule has 0 aliphatic carbocycles. The van der Waals surface area contributed by atoms with Crippen molar-refractivity contribution in [2.24, 2.45) is 5.73 Å². The highest BCUT2D eigenvalue weighted by atomic mass is 15.2. The largest absolute Gasteiger partial charge is 0.354 e. The molecule has 0 spiro atoms. The number of pyridine rings is 1. The van der Waals surface area contributed by atoms with Gasteiger partial charge in [-0.05, 0) is 44.4 Å².